The Labute approximate surface area is 170 Å². The Hall–Kier alpha value is -2.65. The van der Waals surface area contributed by atoms with Crippen molar-refractivity contribution >= 4 is 23.2 Å². The third-order valence-electron chi connectivity index (χ3n) is 5.36. The van der Waals surface area contributed by atoms with Crippen LogP contribution in [0.1, 0.15) is 54.4 Å². The van der Waals surface area contributed by atoms with Gasteiger partial charge >= 0.3 is 0 Å². The minimum Gasteiger partial charge on any atom is -0.372 e. The summed E-state index contributed by atoms with van der Waals surface area (Å²) in [5, 5.41) is 12.6. The van der Waals surface area contributed by atoms with Gasteiger partial charge in [-0.05, 0) is 50.3 Å². The van der Waals surface area contributed by atoms with Crippen LogP contribution in [-0.4, -0.2) is 35.0 Å². The molecule has 1 aliphatic rings. The predicted molar refractivity (Wildman–Crippen MR) is 109 cm³/mol. The fourth-order valence-corrected chi connectivity index (χ4v) is 3.76. The second-order valence-corrected chi connectivity index (χ2v) is 7.52. The molecular formula is C21H24ClN5O. The standard InChI is InChI=1S/C21H24ClN5O/c1-3-15-12-25-20(13-24-15)21(28)26-16-5-8-17(9-6-16)27(2)18-7-4-14(11-23)19(22)10-18/h4,7,10,12-13,16-17H,3,5-6,8-9H2,1-2H3,(H,26,28). The number of rotatable bonds is 5. The first-order valence-corrected chi connectivity index (χ1v) is 9.94. The van der Waals surface area contributed by atoms with Crippen molar-refractivity contribution in [2.45, 2.75) is 51.1 Å². The molecule has 1 aliphatic carbocycles. The van der Waals surface area contributed by atoms with Crippen molar-refractivity contribution in [3.05, 3.63) is 52.6 Å². The summed E-state index contributed by atoms with van der Waals surface area (Å²) in [4.78, 5) is 23.0. The Balaban J connectivity index is 1.54. The lowest BCUT2D eigenvalue weighted by atomic mass is 9.90. The van der Waals surface area contributed by atoms with Gasteiger partial charge < -0.3 is 10.2 Å². The van der Waals surface area contributed by atoms with E-state index in [9.17, 15) is 4.79 Å². The molecule has 1 fully saturated rings. The van der Waals surface area contributed by atoms with Gasteiger partial charge in [0.1, 0.15) is 11.8 Å². The molecule has 28 heavy (non-hydrogen) atoms. The SMILES string of the molecule is CCc1cnc(C(=O)NC2CCC(N(C)c3ccc(C#N)c(Cl)c3)CC2)cn1. The van der Waals surface area contributed by atoms with E-state index in [0.29, 0.717) is 22.3 Å². The summed E-state index contributed by atoms with van der Waals surface area (Å²) < 4.78 is 0. The van der Waals surface area contributed by atoms with Gasteiger partial charge in [-0.2, -0.15) is 5.26 Å². The molecular weight excluding hydrogens is 374 g/mol. The van der Waals surface area contributed by atoms with E-state index < -0.39 is 0 Å². The number of amides is 1. The van der Waals surface area contributed by atoms with Crippen LogP contribution in [-0.2, 0) is 6.42 Å². The third-order valence-corrected chi connectivity index (χ3v) is 5.67. The van der Waals surface area contributed by atoms with Gasteiger partial charge in [-0.15, -0.1) is 0 Å². The normalized spacial score (nSPS) is 18.9. The van der Waals surface area contributed by atoms with E-state index in [1.54, 1.807) is 18.5 Å². The van der Waals surface area contributed by atoms with Gasteiger partial charge in [0, 0.05) is 31.0 Å². The monoisotopic (exact) mass is 397 g/mol. The maximum absolute atomic E-state index is 12.4. The fraction of sp³-hybridized carbons (Fsp3) is 0.429. The van der Waals surface area contributed by atoms with Crippen molar-refractivity contribution in [2.24, 2.45) is 0 Å². The van der Waals surface area contributed by atoms with E-state index in [2.05, 4.69) is 26.3 Å². The van der Waals surface area contributed by atoms with Gasteiger partial charge in [-0.3, -0.25) is 9.78 Å². The Morgan fingerprint density at radius 2 is 2.04 bits per heavy atom. The summed E-state index contributed by atoms with van der Waals surface area (Å²) in [5.41, 5.74) is 2.73. The molecule has 7 heteroatoms. The average Bonchev–Trinajstić information content (AvgIpc) is 2.73. The number of aromatic nitrogens is 2. The molecule has 1 amide bonds. The molecule has 2 aromatic rings. The lowest BCUT2D eigenvalue weighted by Gasteiger charge is -2.36. The van der Waals surface area contributed by atoms with Gasteiger partial charge in [0.2, 0.25) is 0 Å². The summed E-state index contributed by atoms with van der Waals surface area (Å²) in [5.74, 6) is -0.161. The van der Waals surface area contributed by atoms with Crippen LogP contribution < -0.4 is 10.2 Å². The number of hydrogen-bond acceptors (Lipinski definition) is 5. The van der Waals surface area contributed by atoms with E-state index in [4.69, 9.17) is 16.9 Å². The third kappa shape index (κ3) is 4.60. The zero-order valence-corrected chi connectivity index (χ0v) is 16.9. The maximum Gasteiger partial charge on any atom is 0.271 e. The fourth-order valence-electron chi connectivity index (χ4n) is 3.55. The number of anilines is 1. The minimum absolute atomic E-state index is 0.148. The summed E-state index contributed by atoms with van der Waals surface area (Å²) >= 11 is 6.16. The molecule has 0 bridgehead atoms. The van der Waals surface area contributed by atoms with Gasteiger partial charge in [-0.25, -0.2) is 4.98 Å². The second kappa shape index (κ2) is 9.03. The van der Waals surface area contributed by atoms with Crippen molar-refractivity contribution in [2.75, 3.05) is 11.9 Å². The Bertz CT molecular complexity index is 869. The number of nitrogens with zero attached hydrogens (tertiary/aromatic N) is 4. The second-order valence-electron chi connectivity index (χ2n) is 7.11. The summed E-state index contributed by atoms with van der Waals surface area (Å²) in [6, 6.07) is 8.13. The average molecular weight is 398 g/mol. The molecule has 0 spiro atoms. The zero-order valence-electron chi connectivity index (χ0n) is 16.2. The van der Waals surface area contributed by atoms with Crippen LogP contribution in [0.2, 0.25) is 5.02 Å². The molecule has 1 aromatic heterocycles. The first-order valence-electron chi connectivity index (χ1n) is 9.56. The van der Waals surface area contributed by atoms with Crippen molar-refractivity contribution in [1.29, 1.82) is 5.26 Å². The number of hydrogen-bond donors (Lipinski definition) is 1. The van der Waals surface area contributed by atoms with Crippen LogP contribution in [0.25, 0.3) is 0 Å². The van der Waals surface area contributed by atoms with Crippen LogP contribution in [0.15, 0.2) is 30.6 Å². The first-order chi connectivity index (χ1) is 13.5. The minimum atomic E-state index is -0.161. The van der Waals surface area contributed by atoms with Crippen LogP contribution >= 0.6 is 11.6 Å². The van der Waals surface area contributed by atoms with Crippen molar-refractivity contribution in [1.82, 2.24) is 15.3 Å². The number of halogens is 1. The summed E-state index contributed by atoms with van der Waals surface area (Å²) in [6.07, 6.45) is 7.76. The maximum atomic E-state index is 12.4. The van der Waals surface area contributed by atoms with E-state index in [0.717, 1.165) is 43.5 Å². The highest BCUT2D eigenvalue weighted by Gasteiger charge is 2.26. The molecule has 1 aromatic carbocycles. The largest absolute Gasteiger partial charge is 0.372 e. The number of aryl methyl sites for hydroxylation is 1. The molecule has 0 unspecified atom stereocenters. The molecule has 1 N–H and O–H groups in total. The molecule has 1 heterocycles. The summed E-state index contributed by atoms with van der Waals surface area (Å²) in [6.45, 7) is 2.01. The molecule has 146 valence electrons. The lowest BCUT2D eigenvalue weighted by molar-refractivity contribution is 0.0920. The van der Waals surface area contributed by atoms with Gasteiger partial charge in [0.05, 0.1) is 22.5 Å². The summed E-state index contributed by atoms with van der Waals surface area (Å²) in [7, 11) is 2.05. The first kappa shape index (κ1) is 20.1. The Morgan fingerprint density at radius 3 is 2.61 bits per heavy atom. The van der Waals surface area contributed by atoms with E-state index in [1.165, 1.54) is 0 Å². The number of carbonyl (C=O) groups excluding carboxylic acids is 1. The Kier molecular flexibility index (Phi) is 6.48. The number of carbonyl (C=O) groups is 1. The van der Waals surface area contributed by atoms with Crippen LogP contribution in [0, 0.1) is 11.3 Å². The quantitative estimate of drug-likeness (QED) is 0.830. The Morgan fingerprint density at radius 1 is 1.29 bits per heavy atom. The van der Waals surface area contributed by atoms with Crippen LogP contribution in [0.5, 0.6) is 0 Å². The highest BCUT2D eigenvalue weighted by atomic mass is 35.5. The van der Waals surface area contributed by atoms with Gasteiger partial charge in [-0.1, -0.05) is 18.5 Å². The van der Waals surface area contributed by atoms with Crippen molar-refractivity contribution in [3.63, 3.8) is 0 Å². The van der Waals surface area contributed by atoms with E-state index in [1.807, 2.05) is 26.1 Å². The van der Waals surface area contributed by atoms with Gasteiger partial charge in [0.25, 0.3) is 5.91 Å². The highest BCUT2D eigenvalue weighted by molar-refractivity contribution is 6.32. The van der Waals surface area contributed by atoms with Crippen molar-refractivity contribution in [3.8, 4) is 6.07 Å². The van der Waals surface area contributed by atoms with E-state index in [-0.39, 0.29) is 11.9 Å². The van der Waals surface area contributed by atoms with Crippen LogP contribution in [0.4, 0.5) is 5.69 Å². The molecule has 3 rings (SSSR count). The number of nitrogens with one attached hydrogen (secondary N) is 1. The highest BCUT2D eigenvalue weighted by Crippen LogP contribution is 2.29. The molecule has 0 aliphatic heterocycles. The predicted octanol–water partition coefficient (Wildman–Crippen LogP) is 3.74. The smallest absolute Gasteiger partial charge is 0.271 e. The number of benzene rings is 1. The molecule has 0 saturated heterocycles. The van der Waals surface area contributed by atoms with Crippen LogP contribution in [0.3, 0.4) is 0 Å². The molecule has 6 nitrogen and oxygen atoms in total. The molecule has 0 radical (unpaired) electrons. The topological polar surface area (TPSA) is 81.9 Å². The van der Waals surface area contributed by atoms with E-state index >= 15 is 0 Å². The molecule has 0 atom stereocenters. The molecule has 1 saturated carbocycles. The number of nitriles is 1. The van der Waals surface area contributed by atoms with Crippen molar-refractivity contribution < 1.29 is 4.79 Å². The zero-order chi connectivity index (χ0) is 20.1. The lowest BCUT2D eigenvalue weighted by Crippen LogP contribution is -2.43. The van der Waals surface area contributed by atoms with Gasteiger partial charge in [0.15, 0.2) is 0 Å².